The van der Waals surface area contributed by atoms with Gasteiger partial charge >= 0.3 is 0 Å². The highest BCUT2D eigenvalue weighted by Crippen LogP contribution is 2.18. The molecule has 3 aromatic rings. The quantitative estimate of drug-likeness (QED) is 0.596. The minimum atomic E-state index is 0.469. The zero-order valence-electron chi connectivity index (χ0n) is 11.8. The van der Waals surface area contributed by atoms with Crippen molar-refractivity contribution in [1.29, 1.82) is 0 Å². The van der Waals surface area contributed by atoms with Crippen LogP contribution in [0.1, 0.15) is 11.3 Å². The molecule has 0 fully saturated rings. The summed E-state index contributed by atoms with van der Waals surface area (Å²) < 4.78 is 4.09. The monoisotopic (exact) mass is 297 g/mol. The highest BCUT2D eigenvalue weighted by atomic mass is 32.1. The fraction of sp³-hybridized carbons (Fsp3) is 0.133. The summed E-state index contributed by atoms with van der Waals surface area (Å²) in [6, 6.07) is 12.0. The van der Waals surface area contributed by atoms with Gasteiger partial charge in [-0.15, -0.1) is 0 Å². The van der Waals surface area contributed by atoms with Gasteiger partial charge < -0.3 is 4.57 Å². The second-order valence-electron chi connectivity index (χ2n) is 4.82. The normalized spacial score (nSPS) is 11.3. The minimum absolute atomic E-state index is 0.469. The molecule has 0 aliphatic heterocycles. The minimum Gasteiger partial charge on any atom is -0.350 e. The number of nitrogens with one attached hydrogen (secondary N) is 1. The Balaban J connectivity index is 2.04. The van der Waals surface area contributed by atoms with E-state index in [4.69, 9.17) is 12.2 Å². The third-order valence-corrected chi connectivity index (χ3v) is 3.48. The van der Waals surface area contributed by atoms with Gasteiger partial charge in [-0.2, -0.15) is 14.9 Å². The molecule has 0 aliphatic rings. The third-order valence-electron chi connectivity index (χ3n) is 3.22. The highest BCUT2D eigenvalue weighted by Gasteiger charge is 2.08. The van der Waals surface area contributed by atoms with Gasteiger partial charge in [-0.3, -0.25) is 0 Å². The van der Waals surface area contributed by atoms with Gasteiger partial charge in [-0.1, -0.05) is 23.8 Å². The summed E-state index contributed by atoms with van der Waals surface area (Å²) in [6.45, 7) is 2.04. The van der Waals surface area contributed by atoms with Crippen LogP contribution in [-0.4, -0.2) is 25.7 Å². The lowest BCUT2D eigenvalue weighted by Gasteiger charge is -2.02. The maximum atomic E-state index is 5.26. The average Bonchev–Trinajstić information content (AvgIpc) is 3.03. The Morgan fingerprint density at radius 3 is 2.86 bits per heavy atom. The predicted octanol–water partition coefficient (Wildman–Crippen LogP) is 3.14. The van der Waals surface area contributed by atoms with Crippen LogP contribution in [0.25, 0.3) is 11.4 Å². The van der Waals surface area contributed by atoms with Crippen molar-refractivity contribution in [1.82, 2.24) is 19.4 Å². The molecule has 106 valence electrons. The standard InChI is InChI=1S/C15H15N5S/c1-11-5-3-6-12(9-11)14-17-18-15(21)20(14)16-10-13-7-4-8-19(13)2/h3-10H,1-2H3,(H,18,21)/b16-10-. The molecule has 0 spiro atoms. The van der Waals surface area contributed by atoms with E-state index in [0.29, 0.717) is 10.6 Å². The van der Waals surface area contributed by atoms with Crippen molar-refractivity contribution in [2.75, 3.05) is 0 Å². The Kier molecular flexibility index (Phi) is 3.53. The third kappa shape index (κ3) is 2.71. The number of nitrogens with zero attached hydrogens (tertiary/aromatic N) is 4. The molecule has 0 aliphatic carbocycles. The van der Waals surface area contributed by atoms with E-state index in [1.54, 1.807) is 10.9 Å². The molecule has 3 rings (SSSR count). The molecule has 2 aromatic heterocycles. The fourth-order valence-corrected chi connectivity index (χ4v) is 2.27. The van der Waals surface area contributed by atoms with Crippen molar-refractivity contribution < 1.29 is 0 Å². The number of aromatic nitrogens is 4. The van der Waals surface area contributed by atoms with E-state index in [1.165, 1.54) is 5.56 Å². The number of aromatic amines is 1. The lowest BCUT2D eigenvalue weighted by atomic mass is 10.1. The van der Waals surface area contributed by atoms with Gasteiger partial charge in [0.05, 0.1) is 11.9 Å². The van der Waals surface area contributed by atoms with Crippen LogP contribution in [0.3, 0.4) is 0 Å². The summed E-state index contributed by atoms with van der Waals surface area (Å²) in [5, 5.41) is 11.5. The van der Waals surface area contributed by atoms with E-state index >= 15 is 0 Å². The van der Waals surface area contributed by atoms with Crippen LogP contribution < -0.4 is 0 Å². The van der Waals surface area contributed by atoms with Crippen LogP contribution in [0.4, 0.5) is 0 Å². The number of benzene rings is 1. The van der Waals surface area contributed by atoms with Gasteiger partial charge in [-0.05, 0) is 37.3 Å². The molecule has 0 saturated carbocycles. The van der Waals surface area contributed by atoms with Crippen molar-refractivity contribution in [2.24, 2.45) is 12.1 Å². The Bertz CT molecular complexity index is 853. The average molecular weight is 297 g/mol. The SMILES string of the molecule is Cc1cccc(-c2n[nH]c(=S)n2/N=C\c2cccn2C)c1. The van der Waals surface area contributed by atoms with E-state index in [1.807, 2.05) is 55.1 Å². The predicted molar refractivity (Wildman–Crippen MR) is 86.0 cm³/mol. The number of H-pyrrole nitrogens is 1. The summed E-state index contributed by atoms with van der Waals surface area (Å²) in [5.74, 6) is 0.703. The zero-order chi connectivity index (χ0) is 14.8. The molecular formula is C15H15N5S. The number of aryl methyl sites for hydroxylation is 2. The largest absolute Gasteiger partial charge is 0.350 e. The molecule has 1 N–H and O–H groups in total. The number of hydrogen-bond donors (Lipinski definition) is 1. The van der Waals surface area contributed by atoms with Crippen LogP contribution >= 0.6 is 12.2 Å². The highest BCUT2D eigenvalue weighted by molar-refractivity contribution is 7.71. The van der Waals surface area contributed by atoms with E-state index < -0.39 is 0 Å². The first-order valence-electron chi connectivity index (χ1n) is 6.55. The topological polar surface area (TPSA) is 50.9 Å². The molecule has 0 bridgehead atoms. The van der Waals surface area contributed by atoms with Crippen molar-refractivity contribution >= 4 is 18.4 Å². The zero-order valence-corrected chi connectivity index (χ0v) is 12.6. The second-order valence-corrected chi connectivity index (χ2v) is 5.21. The summed E-state index contributed by atoms with van der Waals surface area (Å²) in [5.41, 5.74) is 3.14. The van der Waals surface area contributed by atoms with Gasteiger partial charge in [0.15, 0.2) is 5.82 Å². The molecule has 0 saturated heterocycles. The maximum absolute atomic E-state index is 5.26. The molecule has 6 heteroatoms. The molecule has 5 nitrogen and oxygen atoms in total. The first-order chi connectivity index (χ1) is 10.1. The molecule has 0 radical (unpaired) electrons. The Hall–Kier alpha value is -2.47. The van der Waals surface area contributed by atoms with Gasteiger partial charge in [-0.25, -0.2) is 5.10 Å². The van der Waals surface area contributed by atoms with E-state index in [9.17, 15) is 0 Å². The molecular weight excluding hydrogens is 282 g/mol. The maximum Gasteiger partial charge on any atom is 0.216 e. The summed E-state index contributed by atoms with van der Waals surface area (Å²) in [6.07, 6.45) is 3.74. The van der Waals surface area contributed by atoms with Gasteiger partial charge in [0, 0.05) is 18.8 Å². The van der Waals surface area contributed by atoms with Gasteiger partial charge in [0.25, 0.3) is 0 Å². The van der Waals surface area contributed by atoms with Crippen LogP contribution in [-0.2, 0) is 7.05 Å². The molecule has 21 heavy (non-hydrogen) atoms. The molecule has 2 heterocycles. The molecule has 0 amide bonds. The van der Waals surface area contributed by atoms with Gasteiger partial charge in [0.2, 0.25) is 4.77 Å². The Labute approximate surface area is 127 Å². The Morgan fingerprint density at radius 2 is 2.14 bits per heavy atom. The van der Waals surface area contributed by atoms with E-state index in [-0.39, 0.29) is 0 Å². The lowest BCUT2D eigenvalue weighted by Crippen LogP contribution is -1.98. The Morgan fingerprint density at radius 1 is 1.29 bits per heavy atom. The first-order valence-corrected chi connectivity index (χ1v) is 6.96. The summed E-state index contributed by atoms with van der Waals surface area (Å²) in [7, 11) is 1.97. The number of rotatable bonds is 3. The first kappa shape index (κ1) is 13.5. The summed E-state index contributed by atoms with van der Waals surface area (Å²) in [4.78, 5) is 0. The lowest BCUT2D eigenvalue weighted by molar-refractivity contribution is 0.862. The van der Waals surface area contributed by atoms with Crippen molar-refractivity contribution in [3.63, 3.8) is 0 Å². The smallest absolute Gasteiger partial charge is 0.216 e. The molecule has 0 atom stereocenters. The van der Waals surface area contributed by atoms with Crippen LogP contribution in [0.15, 0.2) is 47.7 Å². The number of hydrogen-bond acceptors (Lipinski definition) is 3. The van der Waals surface area contributed by atoms with Crippen LogP contribution in [0.2, 0.25) is 0 Å². The van der Waals surface area contributed by atoms with Crippen LogP contribution in [0.5, 0.6) is 0 Å². The second kappa shape index (κ2) is 5.49. The van der Waals surface area contributed by atoms with Gasteiger partial charge in [0.1, 0.15) is 0 Å². The van der Waals surface area contributed by atoms with Crippen LogP contribution in [0, 0.1) is 11.7 Å². The van der Waals surface area contributed by atoms with E-state index in [2.05, 4.69) is 21.4 Å². The molecule has 0 unspecified atom stereocenters. The van der Waals surface area contributed by atoms with Crippen molar-refractivity contribution in [3.05, 3.63) is 58.6 Å². The summed E-state index contributed by atoms with van der Waals surface area (Å²) >= 11 is 5.26. The van der Waals surface area contributed by atoms with Crippen molar-refractivity contribution in [3.8, 4) is 11.4 Å². The van der Waals surface area contributed by atoms with E-state index in [0.717, 1.165) is 11.3 Å². The molecule has 1 aromatic carbocycles. The van der Waals surface area contributed by atoms with Crippen molar-refractivity contribution in [2.45, 2.75) is 6.92 Å². The fourth-order valence-electron chi connectivity index (χ4n) is 2.10.